The molecular formula is C16H10ClF2N3O3S. The van der Waals surface area contributed by atoms with Gasteiger partial charge in [-0.05, 0) is 18.2 Å². The van der Waals surface area contributed by atoms with Crippen molar-refractivity contribution in [3.8, 4) is 5.75 Å². The molecule has 0 radical (unpaired) electrons. The summed E-state index contributed by atoms with van der Waals surface area (Å²) in [6.45, 7) is 0.941. The third-order valence-electron chi connectivity index (χ3n) is 3.18. The maximum Gasteiger partial charge on any atom is 0.263 e. The van der Waals surface area contributed by atoms with E-state index in [0.29, 0.717) is 20.4 Å². The first-order valence-corrected chi connectivity index (χ1v) is 8.38. The maximum absolute atomic E-state index is 14.4. The molecule has 6 nitrogen and oxygen atoms in total. The number of hydrogen-bond donors (Lipinski definition) is 1. The molecule has 134 valence electrons. The summed E-state index contributed by atoms with van der Waals surface area (Å²) in [5.41, 5.74) is -0.322. The first kappa shape index (κ1) is 18.2. The number of rotatable bonds is 4. The van der Waals surface area contributed by atoms with E-state index in [1.165, 1.54) is 17.5 Å². The molecular weight excluding hydrogens is 388 g/mol. The van der Waals surface area contributed by atoms with Gasteiger partial charge in [-0.25, -0.2) is 18.7 Å². The molecule has 0 aliphatic carbocycles. The summed E-state index contributed by atoms with van der Waals surface area (Å²) in [5.74, 6) is -4.57. The molecule has 0 spiro atoms. The van der Waals surface area contributed by atoms with E-state index in [-0.39, 0.29) is 12.4 Å². The van der Waals surface area contributed by atoms with Crippen LogP contribution in [-0.4, -0.2) is 21.8 Å². The summed E-state index contributed by atoms with van der Waals surface area (Å²) in [7, 11) is 0. The molecule has 26 heavy (non-hydrogen) atoms. The second kappa shape index (κ2) is 7.30. The van der Waals surface area contributed by atoms with Crippen molar-refractivity contribution in [2.24, 2.45) is 0 Å². The third kappa shape index (κ3) is 3.78. The Bertz CT molecular complexity index is 1030. The molecule has 1 aromatic carbocycles. The van der Waals surface area contributed by atoms with Gasteiger partial charge in [-0.1, -0.05) is 22.9 Å². The summed E-state index contributed by atoms with van der Waals surface area (Å²) in [5, 5.41) is 2.75. The molecule has 3 rings (SSSR count). The Kier molecular flexibility index (Phi) is 5.10. The van der Waals surface area contributed by atoms with Crippen LogP contribution < -0.4 is 10.1 Å². The van der Waals surface area contributed by atoms with Crippen LogP contribution in [0.25, 0.3) is 10.3 Å². The second-order valence-corrected chi connectivity index (χ2v) is 6.62. The molecule has 0 fully saturated rings. The minimum Gasteiger partial charge on any atom is -0.483 e. The van der Waals surface area contributed by atoms with E-state index in [1.807, 2.05) is 5.32 Å². The average molecular weight is 398 g/mol. The number of carbonyl (C=O) groups is 2. The Morgan fingerprint density at radius 1 is 1.35 bits per heavy atom. The van der Waals surface area contributed by atoms with Crippen LogP contribution in [0, 0.1) is 11.6 Å². The van der Waals surface area contributed by atoms with Crippen molar-refractivity contribution in [3.63, 3.8) is 0 Å². The number of nitrogens with one attached hydrogen (secondary N) is 1. The number of fused-ring (bicyclic) bond motifs is 1. The number of pyridine rings is 1. The van der Waals surface area contributed by atoms with Gasteiger partial charge in [0, 0.05) is 13.1 Å². The molecule has 2 aromatic heterocycles. The summed E-state index contributed by atoms with van der Waals surface area (Å²) in [6, 6.07) is 3.57. The van der Waals surface area contributed by atoms with E-state index in [1.54, 1.807) is 6.07 Å². The quantitative estimate of drug-likeness (QED) is 0.729. The van der Waals surface area contributed by atoms with Crippen LogP contribution in [0.2, 0.25) is 5.02 Å². The largest absolute Gasteiger partial charge is 0.483 e. The Balaban J connectivity index is 1.83. The number of nitrogens with zero attached hydrogens (tertiary/aromatic N) is 2. The fourth-order valence-corrected chi connectivity index (χ4v) is 3.07. The van der Waals surface area contributed by atoms with E-state index in [4.69, 9.17) is 16.3 Å². The fraction of sp³-hybridized carbons (Fsp3) is 0.125. The van der Waals surface area contributed by atoms with E-state index < -0.39 is 29.0 Å². The van der Waals surface area contributed by atoms with Gasteiger partial charge in [-0.3, -0.25) is 14.9 Å². The van der Waals surface area contributed by atoms with E-state index >= 15 is 0 Å². The van der Waals surface area contributed by atoms with Crippen LogP contribution in [0.5, 0.6) is 5.75 Å². The summed E-state index contributed by atoms with van der Waals surface area (Å²) >= 11 is 7.07. The van der Waals surface area contributed by atoms with Crippen molar-refractivity contribution in [1.82, 2.24) is 15.3 Å². The summed E-state index contributed by atoms with van der Waals surface area (Å²) in [6.07, 6.45) is 1.48. The van der Waals surface area contributed by atoms with Gasteiger partial charge >= 0.3 is 0 Å². The predicted octanol–water partition coefficient (Wildman–Crippen LogP) is 3.48. The SMILES string of the molecule is CC(=O)NC(=O)c1c(F)ccc(OCc2nc3cc(Cl)cnc3s2)c1F. The number of thiazole rings is 1. The van der Waals surface area contributed by atoms with Gasteiger partial charge in [0.1, 0.15) is 33.3 Å². The number of ether oxygens (including phenoxy) is 1. The molecule has 0 bridgehead atoms. The smallest absolute Gasteiger partial charge is 0.263 e. The Hall–Kier alpha value is -2.65. The molecule has 0 saturated heterocycles. The highest BCUT2D eigenvalue weighted by Gasteiger charge is 2.22. The number of carbonyl (C=O) groups excluding carboxylic acids is 2. The van der Waals surface area contributed by atoms with Crippen molar-refractivity contribution in [3.05, 3.63) is 51.6 Å². The zero-order chi connectivity index (χ0) is 18.8. The Morgan fingerprint density at radius 2 is 2.12 bits per heavy atom. The van der Waals surface area contributed by atoms with Gasteiger partial charge in [0.25, 0.3) is 5.91 Å². The monoisotopic (exact) mass is 397 g/mol. The highest BCUT2D eigenvalue weighted by atomic mass is 35.5. The minimum absolute atomic E-state index is 0.116. The van der Waals surface area contributed by atoms with Gasteiger partial charge < -0.3 is 4.74 Å². The van der Waals surface area contributed by atoms with Crippen molar-refractivity contribution in [2.45, 2.75) is 13.5 Å². The van der Waals surface area contributed by atoms with Crippen molar-refractivity contribution in [2.75, 3.05) is 0 Å². The maximum atomic E-state index is 14.4. The van der Waals surface area contributed by atoms with Gasteiger partial charge in [0.2, 0.25) is 5.91 Å². The number of amides is 2. The normalized spacial score (nSPS) is 10.8. The topological polar surface area (TPSA) is 81.2 Å². The standard InChI is InChI=1S/C16H10ClF2N3O3S/c1-7(23)21-15(24)13-9(18)2-3-11(14(13)19)25-6-12-22-10-4-8(17)5-20-16(10)26-12/h2-5H,6H2,1H3,(H,21,23,24). The van der Waals surface area contributed by atoms with Crippen LogP contribution >= 0.6 is 22.9 Å². The van der Waals surface area contributed by atoms with Crippen LogP contribution in [0.1, 0.15) is 22.3 Å². The lowest BCUT2D eigenvalue weighted by Crippen LogP contribution is -2.29. The second-order valence-electron chi connectivity index (χ2n) is 5.12. The highest BCUT2D eigenvalue weighted by Crippen LogP contribution is 2.27. The number of hydrogen-bond acceptors (Lipinski definition) is 6. The summed E-state index contributed by atoms with van der Waals surface area (Å²) < 4.78 is 33.5. The van der Waals surface area contributed by atoms with Crippen LogP contribution in [0.4, 0.5) is 8.78 Å². The molecule has 1 N–H and O–H groups in total. The Labute approximate surface area is 154 Å². The molecule has 0 aliphatic rings. The molecule has 2 amide bonds. The van der Waals surface area contributed by atoms with Crippen LogP contribution in [0.15, 0.2) is 24.4 Å². The van der Waals surface area contributed by atoms with Gasteiger partial charge in [0.15, 0.2) is 11.6 Å². The van der Waals surface area contributed by atoms with Gasteiger partial charge in [-0.2, -0.15) is 0 Å². The highest BCUT2D eigenvalue weighted by molar-refractivity contribution is 7.18. The first-order chi connectivity index (χ1) is 12.3. The number of aromatic nitrogens is 2. The zero-order valence-corrected chi connectivity index (χ0v) is 14.8. The van der Waals surface area contributed by atoms with Crippen molar-refractivity contribution in [1.29, 1.82) is 0 Å². The molecule has 0 unspecified atom stereocenters. The third-order valence-corrected chi connectivity index (χ3v) is 4.34. The van der Waals surface area contributed by atoms with E-state index in [9.17, 15) is 18.4 Å². The molecule has 3 aromatic rings. The molecule has 2 heterocycles. The lowest BCUT2D eigenvalue weighted by Gasteiger charge is -2.09. The van der Waals surface area contributed by atoms with Crippen LogP contribution in [0.3, 0.4) is 0 Å². The van der Waals surface area contributed by atoms with E-state index in [0.717, 1.165) is 19.1 Å². The molecule has 0 aliphatic heterocycles. The van der Waals surface area contributed by atoms with Gasteiger partial charge in [-0.15, -0.1) is 0 Å². The van der Waals surface area contributed by atoms with Gasteiger partial charge in [0.05, 0.1) is 5.02 Å². The number of benzene rings is 1. The van der Waals surface area contributed by atoms with Crippen LogP contribution in [-0.2, 0) is 11.4 Å². The average Bonchev–Trinajstić information content (AvgIpc) is 2.95. The lowest BCUT2D eigenvalue weighted by molar-refractivity contribution is -0.118. The van der Waals surface area contributed by atoms with E-state index in [2.05, 4.69) is 9.97 Å². The predicted molar refractivity (Wildman–Crippen MR) is 91.3 cm³/mol. The fourth-order valence-electron chi connectivity index (χ4n) is 2.12. The molecule has 0 saturated carbocycles. The summed E-state index contributed by atoms with van der Waals surface area (Å²) in [4.78, 5) is 31.7. The first-order valence-electron chi connectivity index (χ1n) is 7.19. The number of imide groups is 1. The number of halogens is 3. The zero-order valence-electron chi connectivity index (χ0n) is 13.2. The van der Waals surface area contributed by atoms with Crippen molar-refractivity contribution < 1.29 is 23.1 Å². The lowest BCUT2D eigenvalue weighted by atomic mass is 10.1. The minimum atomic E-state index is -1.20. The Morgan fingerprint density at radius 3 is 2.85 bits per heavy atom. The molecule has 0 atom stereocenters. The molecule has 10 heteroatoms. The van der Waals surface area contributed by atoms with Crippen molar-refractivity contribution >= 4 is 45.1 Å².